The first-order valence-electron chi connectivity index (χ1n) is 6.15. The van der Waals surface area contributed by atoms with E-state index in [0.717, 1.165) is 15.6 Å². The molecule has 1 N–H and O–H groups in total. The van der Waals surface area contributed by atoms with Gasteiger partial charge in [0.05, 0.1) is 5.92 Å². The molecule has 1 atom stereocenters. The number of halogens is 1. The monoisotopic (exact) mass is 344 g/mol. The van der Waals surface area contributed by atoms with Gasteiger partial charge in [-0.15, -0.1) is 0 Å². The third kappa shape index (κ3) is 3.44. The molecule has 1 aliphatic carbocycles. The smallest absolute Gasteiger partial charge is 0.310 e. The van der Waals surface area contributed by atoms with E-state index in [-0.39, 0.29) is 5.92 Å². The number of carbonyl (C=O) groups is 1. The van der Waals surface area contributed by atoms with E-state index in [1.807, 2.05) is 24.3 Å². The average Bonchev–Trinajstić information content (AvgIpc) is 2.80. The van der Waals surface area contributed by atoms with Crippen molar-refractivity contribution in [2.45, 2.75) is 38.0 Å². The summed E-state index contributed by atoms with van der Waals surface area (Å²) in [6.45, 7) is 0. The lowest BCUT2D eigenvalue weighted by molar-refractivity contribution is -0.139. The first-order chi connectivity index (χ1) is 8.16. The number of rotatable bonds is 4. The Labute approximate surface area is 116 Å². The summed E-state index contributed by atoms with van der Waals surface area (Å²) in [5.41, 5.74) is 0.949. The summed E-state index contributed by atoms with van der Waals surface area (Å²) in [5.74, 6) is -0.399. The number of carboxylic acid groups (broad SMARTS) is 1. The molecule has 1 saturated carbocycles. The molecule has 1 aliphatic rings. The van der Waals surface area contributed by atoms with E-state index in [4.69, 9.17) is 0 Å². The molecule has 0 saturated heterocycles. The summed E-state index contributed by atoms with van der Waals surface area (Å²) in [6, 6.07) is 7.88. The summed E-state index contributed by atoms with van der Waals surface area (Å²) < 4.78 is 1.15. The van der Waals surface area contributed by atoms with E-state index >= 15 is 0 Å². The Hall–Kier alpha value is -0.580. The molecule has 3 heteroatoms. The van der Waals surface area contributed by atoms with Gasteiger partial charge in [-0.3, -0.25) is 4.79 Å². The summed E-state index contributed by atoms with van der Waals surface area (Å²) in [4.78, 5) is 11.4. The van der Waals surface area contributed by atoms with Crippen LogP contribution in [-0.2, 0) is 4.79 Å². The Morgan fingerprint density at radius 2 is 1.88 bits per heavy atom. The lowest BCUT2D eigenvalue weighted by Crippen LogP contribution is -2.15. The summed E-state index contributed by atoms with van der Waals surface area (Å²) in [6.07, 6.45) is 5.74. The van der Waals surface area contributed by atoms with E-state index in [9.17, 15) is 9.90 Å². The first-order valence-corrected chi connectivity index (χ1v) is 7.23. The molecule has 1 fully saturated rings. The van der Waals surface area contributed by atoms with Gasteiger partial charge in [0.2, 0.25) is 0 Å². The third-order valence-corrected chi connectivity index (χ3v) is 4.33. The minimum atomic E-state index is -0.682. The largest absolute Gasteiger partial charge is 0.481 e. The van der Waals surface area contributed by atoms with E-state index in [0.29, 0.717) is 5.92 Å². The van der Waals surface area contributed by atoms with Crippen molar-refractivity contribution in [3.63, 3.8) is 0 Å². The molecule has 0 aliphatic heterocycles. The molecule has 1 aromatic rings. The molecular weight excluding hydrogens is 327 g/mol. The van der Waals surface area contributed by atoms with Crippen LogP contribution in [-0.4, -0.2) is 11.1 Å². The van der Waals surface area contributed by atoms with Crippen molar-refractivity contribution < 1.29 is 9.90 Å². The number of carboxylic acids is 1. The molecule has 2 rings (SSSR count). The first kappa shape index (κ1) is 12.9. The van der Waals surface area contributed by atoms with Crippen molar-refractivity contribution in [3.05, 3.63) is 33.4 Å². The molecule has 0 radical (unpaired) electrons. The average molecular weight is 344 g/mol. The van der Waals surface area contributed by atoms with Crippen molar-refractivity contribution in [3.8, 4) is 0 Å². The van der Waals surface area contributed by atoms with E-state index in [1.165, 1.54) is 25.7 Å². The number of hydrogen-bond acceptors (Lipinski definition) is 1. The molecule has 0 spiro atoms. The van der Waals surface area contributed by atoms with Gasteiger partial charge < -0.3 is 5.11 Å². The zero-order valence-corrected chi connectivity index (χ0v) is 11.9. The molecule has 1 aromatic carbocycles. The van der Waals surface area contributed by atoms with Crippen LogP contribution in [0.2, 0.25) is 0 Å². The highest BCUT2D eigenvalue weighted by Crippen LogP contribution is 2.34. The van der Waals surface area contributed by atoms with Gasteiger partial charge in [0.15, 0.2) is 0 Å². The van der Waals surface area contributed by atoms with E-state index < -0.39 is 5.97 Å². The standard InChI is InChI=1S/C14H17IO2/c15-12-7-5-11(6-8-12)13(14(16)17)9-10-3-1-2-4-10/h5-8,10,13H,1-4,9H2,(H,16,17). The van der Waals surface area contributed by atoms with Crippen LogP contribution in [0.25, 0.3) is 0 Å². The van der Waals surface area contributed by atoms with Crippen LogP contribution in [0.3, 0.4) is 0 Å². The molecule has 0 bridgehead atoms. The number of aliphatic carboxylic acids is 1. The van der Waals surface area contributed by atoms with Crippen molar-refractivity contribution in [1.29, 1.82) is 0 Å². The zero-order chi connectivity index (χ0) is 12.3. The Morgan fingerprint density at radius 3 is 2.41 bits per heavy atom. The Balaban J connectivity index is 2.10. The van der Waals surface area contributed by atoms with E-state index in [2.05, 4.69) is 22.6 Å². The molecule has 92 valence electrons. The molecule has 0 aromatic heterocycles. The van der Waals surface area contributed by atoms with Gasteiger partial charge in [-0.25, -0.2) is 0 Å². The zero-order valence-electron chi connectivity index (χ0n) is 9.73. The lowest BCUT2D eigenvalue weighted by atomic mass is 9.88. The second-order valence-electron chi connectivity index (χ2n) is 4.83. The maximum Gasteiger partial charge on any atom is 0.310 e. The molecular formula is C14H17IO2. The van der Waals surface area contributed by atoms with Gasteiger partial charge in [-0.1, -0.05) is 37.8 Å². The number of hydrogen-bond donors (Lipinski definition) is 1. The Kier molecular flexibility index (Phi) is 4.42. The van der Waals surface area contributed by atoms with Crippen LogP contribution in [0, 0.1) is 9.49 Å². The maximum atomic E-state index is 11.4. The van der Waals surface area contributed by atoms with Crippen LogP contribution in [0.5, 0.6) is 0 Å². The Morgan fingerprint density at radius 1 is 1.29 bits per heavy atom. The number of benzene rings is 1. The fraction of sp³-hybridized carbons (Fsp3) is 0.500. The highest BCUT2D eigenvalue weighted by Gasteiger charge is 2.26. The van der Waals surface area contributed by atoms with Crippen molar-refractivity contribution in [1.82, 2.24) is 0 Å². The van der Waals surface area contributed by atoms with Crippen LogP contribution in [0.1, 0.15) is 43.6 Å². The normalized spacial score (nSPS) is 18.2. The van der Waals surface area contributed by atoms with Gasteiger partial charge in [0.1, 0.15) is 0 Å². The summed E-state index contributed by atoms with van der Waals surface area (Å²) >= 11 is 2.24. The topological polar surface area (TPSA) is 37.3 Å². The van der Waals surface area contributed by atoms with Crippen molar-refractivity contribution in [2.24, 2.45) is 5.92 Å². The van der Waals surface area contributed by atoms with Gasteiger partial charge in [0.25, 0.3) is 0 Å². The third-order valence-electron chi connectivity index (χ3n) is 3.61. The summed E-state index contributed by atoms with van der Waals surface area (Å²) in [7, 11) is 0. The second-order valence-corrected chi connectivity index (χ2v) is 6.07. The minimum Gasteiger partial charge on any atom is -0.481 e. The summed E-state index contributed by atoms with van der Waals surface area (Å²) in [5, 5.41) is 9.35. The van der Waals surface area contributed by atoms with E-state index in [1.54, 1.807) is 0 Å². The minimum absolute atomic E-state index is 0.324. The van der Waals surface area contributed by atoms with Gasteiger partial charge in [-0.05, 0) is 52.6 Å². The van der Waals surface area contributed by atoms with Crippen LogP contribution in [0.15, 0.2) is 24.3 Å². The molecule has 2 nitrogen and oxygen atoms in total. The van der Waals surface area contributed by atoms with Crippen molar-refractivity contribution >= 4 is 28.6 Å². The molecule has 0 heterocycles. The second kappa shape index (κ2) is 5.85. The fourth-order valence-corrected chi connectivity index (χ4v) is 3.01. The predicted octanol–water partition coefficient (Wildman–Crippen LogP) is 4.04. The fourth-order valence-electron chi connectivity index (χ4n) is 2.65. The Bertz CT molecular complexity index is 380. The molecule has 1 unspecified atom stereocenters. The quantitative estimate of drug-likeness (QED) is 0.837. The molecule has 17 heavy (non-hydrogen) atoms. The van der Waals surface area contributed by atoms with Crippen molar-refractivity contribution in [2.75, 3.05) is 0 Å². The highest BCUT2D eigenvalue weighted by molar-refractivity contribution is 14.1. The lowest BCUT2D eigenvalue weighted by Gasteiger charge is -2.17. The maximum absolute atomic E-state index is 11.4. The highest BCUT2D eigenvalue weighted by atomic mass is 127. The predicted molar refractivity (Wildman–Crippen MR) is 76.1 cm³/mol. The van der Waals surface area contributed by atoms with Crippen LogP contribution >= 0.6 is 22.6 Å². The van der Waals surface area contributed by atoms with Crippen LogP contribution in [0.4, 0.5) is 0 Å². The van der Waals surface area contributed by atoms with Gasteiger partial charge >= 0.3 is 5.97 Å². The van der Waals surface area contributed by atoms with Gasteiger partial charge in [0, 0.05) is 3.57 Å². The van der Waals surface area contributed by atoms with Crippen LogP contribution < -0.4 is 0 Å². The SMILES string of the molecule is O=C(O)C(CC1CCCC1)c1ccc(I)cc1. The molecule has 0 amide bonds. The van der Waals surface area contributed by atoms with Gasteiger partial charge in [-0.2, -0.15) is 0 Å².